The van der Waals surface area contributed by atoms with E-state index in [1.807, 2.05) is 12.2 Å². The van der Waals surface area contributed by atoms with Gasteiger partial charge < -0.3 is 0 Å². The molecule has 0 aromatic carbocycles. The van der Waals surface area contributed by atoms with Gasteiger partial charge in [-0.3, -0.25) is 0 Å². The van der Waals surface area contributed by atoms with Gasteiger partial charge in [0.1, 0.15) is 0 Å². The highest BCUT2D eigenvalue weighted by Crippen LogP contribution is 2.17. The van der Waals surface area contributed by atoms with Gasteiger partial charge in [-0.2, -0.15) is 4.99 Å². The Morgan fingerprint density at radius 1 is 1.70 bits per heavy atom. The highest BCUT2D eigenvalue weighted by atomic mass is 16.1. The number of allylic oxidation sites excluding steroid dienone is 4. The molecule has 1 rings (SSSR count). The zero-order valence-corrected chi connectivity index (χ0v) is 5.50. The lowest BCUT2D eigenvalue weighted by atomic mass is 10.1. The van der Waals surface area contributed by atoms with E-state index in [1.54, 1.807) is 6.08 Å². The van der Waals surface area contributed by atoms with E-state index in [2.05, 4.69) is 11.6 Å². The molecule has 0 N–H and O–H groups in total. The van der Waals surface area contributed by atoms with Gasteiger partial charge in [-0.25, -0.2) is 4.79 Å². The SMILES string of the molecule is C=C1CC=CC=C1N=C=O. The summed E-state index contributed by atoms with van der Waals surface area (Å²) >= 11 is 0. The Morgan fingerprint density at radius 3 is 3.10 bits per heavy atom. The molecule has 2 nitrogen and oxygen atoms in total. The number of isocyanates is 1. The van der Waals surface area contributed by atoms with Gasteiger partial charge in [0.15, 0.2) is 0 Å². The van der Waals surface area contributed by atoms with Crippen LogP contribution in [0.3, 0.4) is 0 Å². The van der Waals surface area contributed by atoms with Crippen LogP contribution in [-0.2, 0) is 4.79 Å². The Morgan fingerprint density at radius 2 is 2.50 bits per heavy atom. The quantitative estimate of drug-likeness (QED) is 0.395. The van der Waals surface area contributed by atoms with Gasteiger partial charge in [-0.1, -0.05) is 18.7 Å². The summed E-state index contributed by atoms with van der Waals surface area (Å²) in [5, 5.41) is 0. The van der Waals surface area contributed by atoms with Crippen LogP contribution in [0.2, 0.25) is 0 Å². The molecular weight excluding hydrogens is 126 g/mol. The van der Waals surface area contributed by atoms with Crippen LogP contribution in [0, 0.1) is 0 Å². The van der Waals surface area contributed by atoms with Gasteiger partial charge in [-0.05, 0) is 18.1 Å². The third-order valence-corrected chi connectivity index (χ3v) is 1.28. The Hall–Kier alpha value is -1.40. The Kier molecular flexibility index (Phi) is 1.98. The van der Waals surface area contributed by atoms with Gasteiger partial charge >= 0.3 is 0 Å². The highest BCUT2D eigenvalue weighted by molar-refractivity contribution is 5.45. The maximum Gasteiger partial charge on any atom is 0.240 e. The molecule has 0 spiro atoms. The number of aliphatic imine (C=N–C) groups is 1. The lowest BCUT2D eigenvalue weighted by Crippen LogP contribution is -1.86. The fourth-order valence-corrected chi connectivity index (χ4v) is 0.757. The van der Waals surface area contributed by atoms with Crippen LogP contribution in [0.5, 0.6) is 0 Å². The van der Waals surface area contributed by atoms with Gasteiger partial charge in [0.25, 0.3) is 0 Å². The first kappa shape index (κ1) is 6.72. The molecule has 2 heteroatoms. The van der Waals surface area contributed by atoms with Crippen molar-refractivity contribution < 1.29 is 4.79 Å². The molecule has 0 unspecified atom stereocenters. The van der Waals surface area contributed by atoms with E-state index in [1.165, 1.54) is 6.08 Å². The molecule has 10 heavy (non-hydrogen) atoms. The van der Waals surface area contributed by atoms with Crippen LogP contribution in [0.15, 0.2) is 41.1 Å². The summed E-state index contributed by atoms with van der Waals surface area (Å²) in [6, 6.07) is 0. The summed E-state index contributed by atoms with van der Waals surface area (Å²) in [5.41, 5.74) is 1.50. The van der Waals surface area contributed by atoms with Crippen molar-refractivity contribution in [3.8, 4) is 0 Å². The number of hydrogen-bond acceptors (Lipinski definition) is 2. The zero-order chi connectivity index (χ0) is 7.40. The molecule has 0 radical (unpaired) electrons. The predicted molar refractivity (Wildman–Crippen MR) is 39.1 cm³/mol. The first-order valence-corrected chi connectivity index (χ1v) is 2.97. The summed E-state index contributed by atoms with van der Waals surface area (Å²) in [4.78, 5) is 13.3. The normalized spacial score (nSPS) is 16.0. The topological polar surface area (TPSA) is 29.4 Å². The van der Waals surface area contributed by atoms with Crippen molar-refractivity contribution in [2.75, 3.05) is 0 Å². The Balaban J connectivity index is 2.90. The molecule has 0 saturated carbocycles. The van der Waals surface area contributed by atoms with Crippen LogP contribution in [0.1, 0.15) is 6.42 Å². The van der Waals surface area contributed by atoms with E-state index in [-0.39, 0.29) is 0 Å². The first-order valence-electron chi connectivity index (χ1n) is 2.97. The van der Waals surface area contributed by atoms with Gasteiger partial charge in [-0.15, -0.1) is 0 Å². The lowest BCUT2D eigenvalue weighted by Gasteiger charge is -2.03. The average Bonchev–Trinajstić information content (AvgIpc) is 1.94. The molecule has 1 aliphatic carbocycles. The third-order valence-electron chi connectivity index (χ3n) is 1.28. The second-order valence-electron chi connectivity index (χ2n) is 1.99. The molecule has 0 bridgehead atoms. The van der Waals surface area contributed by atoms with E-state index in [9.17, 15) is 4.79 Å². The molecule has 50 valence electrons. The molecule has 0 atom stereocenters. The Labute approximate surface area is 59.3 Å². The molecule has 1 aliphatic rings. The minimum atomic E-state index is 0.637. The lowest BCUT2D eigenvalue weighted by molar-refractivity contribution is 0.564. The smallest absolute Gasteiger partial charge is 0.211 e. The number of hydrogen-bond donors (Lipinski definition) is 0. The van der Waals surface area contributed by atoms with E-state index in [0.29, 0.717) is 5.70 Å². The molecular formula is C8H7NO. The van der Waals surface area contributed by atoms with Crippen molar-refractivity contribution in [3.05, 3.63) is 36.1 Å². The highest BCUT2D eigenvalue weighted by Gasteiger charge is 2.00. The van der Waals surface area contributed by atoms with Gasteiger partial charge in [0.2, 0.25) is 6.08 Å². The fraction of sp³-hybridized carbons (Fsp3) is 0.125. The van der Waals surface area contributed by atoms with Crippen molar-refractivity contribution in [1.82, 2.24) is 0 Å². The van der Waals surface area contributed by atoms with Crippen molar-refractivity contribution in [1.29, 1.82) is 0 Å². The molecule has 0 saturated heterocycles. The molecule has 0 heterocycles. The number of rotatable bonds is 1. The Bertz CT molecular complexity index is 254. The zero-order valence-electron chi connectivity index (χ0n) is 5.50. The van der Waals surface area contributed by atoms with Crippen LogP contribution < -0.4 is 0 Å². The maximum atomic E-state index is 9.82. The van der Waals surface area contributed by atoms with Crippen molar-refractivity contribution in [2.45, 2.75) is 6.42 Å². The average molecular weight is 133 g/mol. The molecule has 0 aliphatic heterocycles. The van der Waals surface area contributed by atoms with E-state index < -0.39 is 0 Å². The largest absolute Gasteiger partial charge is 0.240 e. The molecule has 0 amide bonds. The van der Waals surface area contributed by atoms with Crippen LogP contribution in [0.25, 0.3) is 0 Å². The number of carbonyl (C=O) groups excluding carboxylic acids is 1. The fourth-order valence-electron chi connectivity index (χ4n) is 0.757. The summed E-state index contributed by atoms with van der Waals surface area (Å²) < 4.78 is 0. The van der Waals surface area contributed by atoms with E-state index in [0.717, 1.165) is 12.0 Å². The van der Waals surface area contributed by atoms with Crippen molar-refractivity contribution in [2.24, 2.45) is 4.99 Å². The second-order valence-corrected chi connectivity index (χ2v) is 1.99. The van der Waals surface area contributed by atoms with Crippen LogP contribution in [0.4, 0.5) is 0 Å². The van der Waals surface area contributed by atoms with E-state index in [4.69, 9.17) is 0 Å². The van der Waals surface area contributed by atoms with Crippen LogP contribution >= 0.6 is 0 Å². The standard InChI is InChI=1S/C8H7NO/c1-7-4-2-3-5-8(7)9-6-10/h2-3,5H,1,4H2. The maximum absolute atomic E-state index is 9.82. The predicted octanol–water partition coefficient (Wildman–Crippen LogP) is 1.72. The van der Waals surface area contributed by atoms with Crippen LogP contribution in [-0.4, -0.2) is 6.08 Å². The first-order chi connectivity index (χ1) is 4.84. The summed E-state index contributed by atoms with van der Waals surface area (Å²) in [6.07, 6.45) is 7.82. The minimum Gasteiger partial charge on any atom is -0.211 e. The minimum absolute atomic E-state index is 0.637. The molecule has 0 aromatic heterocycles. The summed E-state index contributed by atoms with van der Waals surface area (Å²) in [6.45, 7) is 3.72. The molecule has 0 fully saturated rings. The number of nitrogens with zero attached hydrogens (tertiary/aromatic N) is 1. The summed E-state index contributed by atoms with van der Waals surface area (Å²) in [5.74, 6) is 0. The summed E-state index contributed by atoms with van der Waals surface area (Å²) in [7, 11) is 0. The van der Waals surface area contributed by atoms with Gasteiger partial charge in [0.05, 0.1) is 5.70 Å². The molecule has 0 aromatic rings. The van der Waals surface area contributed by atoms with E-state index >= 15 is 0 Å². The van der Waals surface area contributed by atoms with Crippen molar-refractivity contribution >= 4 is 6.08 Å². The monoisotopic (exact) mass is 133 g/mol. The second kappa shape index (κ2) is 2.95. The van der Waals surface area contributed by atoms with Gasteiger partial charge in [0, 0.05) is 0 Å². The third kappa shape index (κ3) is 1.30. The van der Waals surface area contributed by atoms with Crippen molar-refractivity contribution in [3.63, 3.8) is 0 Å².